The lowest BCUT2D eigenvalue weighted by molar-refractivity contribution is 0.0769. The fraction of sp³-hybridized carbons (Fsp3) is 0.292. The summed E-state index contributed by atoms with van der Waals surface area (Å²) in [4.78, 5) is 23.5. The lowest BCUT2D eigenvalue weighted by Crippen LogP contribution is -2.32. The molecular formula is C24H22Cl3N3O3. The number of ether oxygens (including phenoxy) is 2. The Labute approximate surface area is 207 Å². The zero-order valence-electron chi connectivity index (χ0n) is 18.0. The van der Waals surface area contributed by atoms with E-state index in [4.69, 9.17) is 44.3 Å². The van der Waals surface area contributed by atoms with Crippen LogP contribution in [0.4, 0.5) is 0 Å². The van der Waals surface area contributed by atoms with E-state index in [9.17, 15) is 4.79 Å². The van der Waals surface area contributed by atoms with Crippen LogP contribution in [0.2, 0.25) is 15.1 Å². The highest BCUT2D eigenvalue weighted by molar-refractivity contribution is 6.42. The SMILES string of the molecule is COc1ccc(C(=O)N2CC(c3ccc(Cl)c(Cl)c3)C(C(C)Oc3ccc(Cl)cn3)C2)cn1. The van der Waals surface area contributed by atoms with Crippen LogP contribution in [0.5, 0.6) is 11.8 Å². The largest absolute Gasteiger partial charge is 0.481 e. The van der Waals surface area contributed by atoms with E-state index in [1.807, 2.05) is 24.0 Å². The number of carbonyl (C=O) groups excluding carboxylic acids is 1. The van der Waals surface area contributed by atoms with Gasteiger partial charge in [-0.25, -0.2) is 9.97 Å². The van der Waals surface area contributed by atoms with E-state index in [0.29, 0.717) is 45.5 Å². The fourth-order valence-corrected chi connectivity index (χ4v) is 4.50. The minimum absolute atomic E-state index is 0.00257. The van der Waals surface area contributed by atoms with E-state index >= 15 is 0 Å². The molecule has 0 radical (unpaired) electrons. The maximum Gasteiger partial charge on any atom is 0.255 e. The zero-order valence-corrected chi connectivity index (χ0v) is 20.3. The van der Waals surface area contributed by atoms with Crippen molar-refractivity contribution in [3.8, 4) is 11.8 Å². The Hall–Kier alpha value is -2.54. The number of amides is 1. The molecule has 3 aromatic rings. The summed E-state index contributed by atoms with van der Waals surface area (Å²) in [7, 11) is 1.54. The van der Waals surface area contributed by atoms with Crippen LogP contribution in [-0.2, 0) is 0 Å². The molecule has 9 heteroatoms. The summed E-state index contributed by atoms with van der Waals surface area (Å²) < 4.78 is 11.2. The average molecular weight is 507 g/mol. The van der Waals surface area contributed by atoms with Crippen molar-refractivity contribution >= 4 is 40.7 Å². The van der Waals surface area contributed by atoms with E-state index in [1.165, 1.54) is 13.3 Å². The second kappa shape index (κ2) is 10.2. The quantitative estimate of drug-likeness (QED) is 0.425. The van der Waals surface area contributed by atoms with E-state index in [0.717, 1.165) is 5.56 Å². The van der Waals surface area contributed by atoms with Gasteiger partial charge in [0.2, 0.25) is 11.8 Å². The first-order chi connectivity index (χ1) is 15.9. The van der Waals surface area contributed by atoms with Gasteiger partial charge < -0.3 is 14.4 Å². The van der Waals surface area contributed by atoms with Crippen LogP contribution in [-0.4, -0.2) is 47.1 Å². The summed E-state index contributed by atoms with van der Waals surface area (Å²) >= 11 is 18.4. The topological polar surface area (TPSA) is 64.5 Å². The number of hydrogen-bond donors (Lipinski definition) is 0. The van der Waals surface area contributed by atoms with Crippen molar-refractivity contribution in [2.45, 2.75) is 18.9 Å². The van der Waals surface area contributed by atoms with Crippen LogP contribution in [0.15, 0.2) is 54.9 Å². The molecule has 3 heterocycles. The number of hydrogen-bond acceptors (Lipinski definition) is 5. The van der Waals surface area contributed by atoms with Crippen LogP contribution in [0.1, 0.15) is 28.8 Å². The Morgan fingerprint density at radius 3 is 2.39 bits per heavy atom. The highest BCUT2D eigenvalue weighted by Crippen LogP contribution is 2.38. The van der Waals surface area contributed by atoms with Crippen LogP contribution >= 0.6 is 34.8 Å². The number of rotatable bonds is 6. The van der Waals surface area contributed by atoms with Crippen molar-refractivity contribution in [1.82, 2.24) is 14.9 Å². The van der Waals surface area contributed by atoms with Crippen molar-refractivity contribution in [2.24, 2.45) is 5.92 Å². The van der Waals surface area contributed by atoms with Gasteiger partial charge in [-0.05, 0) is 36.8 Å². The number of methoxy groups -OCH3 is 1. The van der Waals surface area contributed by atoms with E-state index in [1.54, 1.807) is 36.5 Å². The van der Waals surface area contributed by atoms with E-state index in [2.05, 4.69) is 9.97 Å². The molecule has 4 rings (SSSR count). The average Bonchev–Trinajstić information content (AvgIpc) is 3.27. The lowest BCUT2D eigenvalue weighted by Gasteiger charge is -2.25. The Morgan fingerprint density at radius 1 is 1.00 bits per heavy atom. The van der Waals surface area contributed by atoms with Gasteiger partial charge >= 0.3 is 0 Å². The maximum absolute atomic E-state index is 13.2. The highest BCUT2D eigenvalue weighted by Gasteiger charge is 2.40. The number of nitrogens with zero attached hydrogens (tertiary/aromatic N) is 3. The molecule has 1 fully saturated rings. The molecule has 2 aromatic heterocycles. The first-order valence-electron chi connectivity index (χ1n) is 10.4. The second-order valence-electron chi connectivity index (χ2n) is 7.88. The number of benzene rings is 1. The van der Waals surface area contributed by atoms with Gasteiger partial charge in [0.25, 0.3) is 5.91 Å². The smallest absolute Gasteiger partial charge is 0.255 e. The monoisotopic (exact) mass is 505 g/mol. The number of aromatic nitrogens is 2. The minimum atomic E-state index is -0.232. The summed E-state index contributed by atoms with van der Waals surface area (Å²) in [5.41, 5.74) is 1.49. The van der Waals surface area contributed by atoms with Gasteiger partial charge in [0.15, 0.2) is 0 Å². The number of likely N-dealkylation sites (tertiary alicyclic amines) is 1. The summed E-state index contributed by atoms with van der Waals surface area (Å²) in [6, 6.07) is 12.4. The van der Waals surface area contributed by atoms with Crippen LogP contribution < -0.4 is 9.47 Å². The number of pyridine rings is 2. The van der Waals surface area contributed by atoms with Crippen molar-refractivity contribution in [1.29, 1.82) is 0 Å². The molecule has 3 atom stereocenters. The Kier molecular flexibility index (Phi) is 7.27. The molecule has 0 N–H and O–H groups in total. The van der Waals surface area contributed by atoms with Gasteiger partial charge in [0.05, 0.1) is 27.7 Å². The second-order valence-corrected chi connectivity index (χ2v) is 9.13. The normalized spacial score (nSPS) is 18.8. The third kappa shape index (κ3) is 5.35. The molecule has 1 amide bonds. The molecule has 3 unspecified atom stereocenters. The Bertz CT molecular complexity index is 1130. The van der Waals surface area contributed by atoms with Gasteiger partial charge in [-0.15, -0.1) is 0 Å². The first kappa shape index (κ1) is 23.6. The van der Waals surface area contributed by atoms with Crippen molar-refractivity contribution in [2.75, 3.05) is 20.2 Å². The third-order valence-electron chi connectivity index (χ3n) is 5.83. The zero-order chi connectivity index (χ0) is 23.5. The van der Waals surface area contributed by atoms with Gasteiger partial charge in [0.1, 0.15) is 6.10 Å². The minimum Gasteiger partial charge on any atom is -0.481 e. The predicted molar refractivity (Wildman–Crippen MR) is 129 cm³/mol. The van der Waals surface area contributed by atoms with E-state index < -0.39 is 0 Å². The van der Waals surface area contributed by atoms with Gasteiger partial charge in [-0.2, -0.15) is 0 Å². The molecule has 1 saturated heterocycles. The molecule has 1 aliphatic heterocycles. The highest BCUT2D eigenvalue weighted by atomic mass is 35.5. The maximum atomic E-state index is 13.2. The number of halogens is 3. The first-order valence-corrected chi connectivity index (χ1v) is 11.5. The molecule has 0 spiro atoms. The Balaban J connectivity index is 1.60. The molecule has 0 bridgehead atoms. The van der Waals surface area contributed by atoms with Crippen molar-refractivity contribution in [3.63, 3.8) is 0 Å². The summed E-state index contributed by atoms with van der Waals surface area (Å²) in [6.45, 7) is 2.99. The predicted octanol–water partition coefficient (Wildman–Crippen LogP) is 5.77. The summed E-state index contributed by atoms with van der Waals surface area (Å²) in [5.74, 6) is 0.822. The molecule has 1 aromatic carbocycles. The molecule has 1 aliphatic rings. The van der Waals surface area contributed by atoms with Gasteiger partial charge in [0, 0.05) is 49.5 Å². The molecule has 6 nitrogen and oxygen atoms in total. The molecule has 33 heavy (non-hydrogen) atoms. The van der Waals surface area contributed by atoms with Crippen molar-refractivity contribution in [3.05, 3.63) is 81.1 Å². The molecule has 0 aliphatic carbocycles. The molecule has 172 valence electrons. The molecule has 0 saturated carbocycles. The van der Waals surface area contributed by atoms with Crippen molar-refractivity contribution < 1.29 is 14.3 Å². The van der Waals surface area contributed by atoms with Crippen LogP contribution in [0.3, 0.4) is 0 Å². The Morgan fingerprint density at radius 2 is 1.76 bits per heavy atom. The summed E-state index contributed by atoms with van der Waals surface area (Å²) in [6.07, 6.45) is 2.84. The summed E-state index contributed by atoms with van der Waals surface area (Å²) in [5, 5.41) is 1.50. The lowest BCUT2D eigenvalue weighted by atomic mass is 9.86. The molecular weight excluding hydrogens is 485 g/mol. The van der Waals surface area contributed by atoms with E-state index in [-0.39, 0.29) is 23.8 Å². The van der Waals surface area contributed by atoms with Gasteiger partial charge in [-0.3, -0.25) is 4.79 Å². The van der Waals surface area contributed by atoms with Crippen LogP contribution in [0.25, 0.3) is 0 Å². The number of carbonyl (C=O) groups is 1. The third-order valence-corrected chi connectivity index (χ3v) is 6.79. The van der Waals surface area contributed by atoms with Crippen LogP contribution in [0, 0.1) is 5.92 Å². The standard InChI is InChI=1S/C24H22Cl3N3O3/c1-14(33-23-8-5-17(25)11-29-23)18-12-30(24(31)16-4-7-22(32-2)28-10-16)13-19(18)15-3-6-20(26)21(27)9-15/h3-11,14,18-19H,12-13H2,1-2H3. The fourth-order valence-electron chi connectivity index (χ4n) is 4.09. The van der Waals surface area contributed by atoms with Gasteiger partial charge in [-0.1, -0.05) is 40.9 Å².